The Morgan fingerprint density at radius 1 is 1.36 bits per heavy atom. The molecule has 4 nitrogen and oxygen atoms in total. The molecule has 0 unspecified atom stereocenters. The molecule has 2 saturated heterocycles. The third-order valence-electron chi connectivity index (χ3n) is 4.52. The first kappa shape index (κ1) is 15.3. The molecule has 0 saturated carbocycles. The van der Waals surface area contributed by atoms with Gasteiger partial charge in [-0.25, -0.2) is 0 Å². The molecule has 1 amide bonds. The van der Waals surface area contributed by atoms with E-state index in [1.807, 2.05) is 29.2 Å². The summed E-state index contributed by atoms with van der Waals surface area (Å²) in [6, 6.07) is 7.60. The molecule has 2 aliphatic heterocycles. The van der Waals surface area contributed by atoms with Gasteiger partial charge >= 0.3 is 5.97 Å². The van der Waals surface area contributed by atoms with Crippen LogP contribution in [-0.4, -0.2) is 35.5 Å². The lowest BCUT2D eigenvalue weighted by Crippen LogP contribution is -2.50. The summed E-state index contributed by atoms with van der Waals surface area (Å²) in [6.45, 7) is 1.31. The molecule has 1 spiro atoms. The largest absolute Gasteiger partial charge is 0.457 e. The van der Waals surface area contributed by atoms with Gasteiger partial charge in [0.05, 0.1) is 6.54 Å². The molecule has 1 atom stereocenters. The summed E-state index contributed by atoms with van der Waals surface area (Å²) in [6.07, 6.45) is 4.13. The van der Waals surface area contributed by atoms with Crippen molar-refractivity contribution in [2.45, 2.75) is 44.1 Å². The Morgan fingerprint density at radius 2 is 2.23 bits per heavy atom. The molecule has 22 heavy (non-hydrogen) atoms. The van der Waals surface area contributed by atoms with Crippen molar-refractivity contribution in [1.29, 1.82) is 0 Å². The zero-order valence-electron chi connectivity index (χ0n) is 12.5. The Labute approximate surface area is 135 Å². The van der Waals surface area contributed by atoms with Crippen molar-refractivity contribution in [3.05, 3.63) is 34.9 Å². The van der Waals surface area contributed by atoms with E-state index in [-0.39, 0.29) is 11.9 Å². The van der Waals surface area contributed by atoms with Gasteiger partial charge in [-0.1, -0.05) is 23.7 Å². The average molecular weight is 322 g/mol. The van der Waals surface area contributed by atoms with Crippen molar-refractivity contribution in [3.8, 4) is 0 Å². The van der Waals surface area contributed by atoms with Gasteiger partial charge in [-0.2, -0.15) is 0 Å². The lowest BCUT2D eigenvalue weighted by molar-refractivity contribution is -0.156. The number of esters is 1. The zero-order chi connectivity index (χ0) is 15.6. The van der Waals surface area contributed by atoms with Crippen LogP contribution in [0.5, 0.6) is 0 Å². The van der Waals surface area contributed by atoms with E-state index in [0.717, 1.165) is 31.4 Å². The summed E-state index contributed by atoms with van der Waals surface area (Å²) in [5.74, 6) is -0.00442. The third kappa shape index (κ3) is 3.43. The van der Waals surface area contributed by atoms with Crippen LogP contribution in [0.2, 0.25) is 5.02 Å². The summed E-state index contributed by atoms with van der Waals surface area (Å²) >= 11 is 5.96. The van der Waals surface area contributed by atoms with Crippen molar-refractivity contribution in [1.82, 2.24) is 4.90 Å². The molecule has 0 N–H and O–H groups in total. The summed E-state index contributed by atoms with van der Waals surface area (Å²) in [5.41, 5.74) is 0.654. The highest BCUT2D eigenvalue weighted by Gasteiger charge is 2.44. The smallest absolute Gasteiger partial charge is 0.306 e. The average Bonchev–Trinajstić information content (AvgIpc) is 2.85. The fourth-order valence-electron chi connectivity index (χ4n) is 3.37. The number of nitrogens with zero attached hydrogens (tertiary/aromatic N) is 1. The number of piperidine rings is 1. The first-order valence-corrected chi connectivity index (χ1v) is 8.18. The monoisotopic (exact) mass is 321 g/mol. The van der Waals surface area contributed by atoms with E-state index in [1.54, 1.807) is 0 Å². The van der Waals surface area contributed by atoms with Crippen LogP contribution in [0.25, 0.3) is 0 Å². The molecule has 3 rings (SSSR count). The molecule has 1 aromatic carbocycles. The number of likely N-dealkylation sites (tertiary alicyclic amines) is 1. The van der Waals surface area contributed by atoms with E-state index in [4.69, 9.17) is 16.3 Å². The number of benzene rings is 1. The Kier molecular flexibility index (Phi) is 4.39. The van der Waals surface area contributed by atoms with Crippen LogP contribution < -0.4 is 0 Å². The van der Waals surface area contributed by atoms with E-state index in [1.165, 1.54) is 0 Å². The van der Waals surface area contributed by atoms with Gasteiger partial charge in [-0.15, -0.1) is 0 Å². The second-order valence-corrected chi connectivity index (χ2v) is 6.64. The van der Waals surface area contributed by atoms with Gasteiger partial charge in [0, 0.05) is 24.4 Å². The SMILES string of the molecule is O=C1CC[C@@]2(CCCN(C(=O)CCc3cccc(Cl)c3)C2)O1. The first-order chi connectivity index (χ1) is 10.6. The van der Waals surface area contributed by atoms with Gasteiger partial charge in [0.15, 0.2) is 0 Å². The van der Waals surface area contributed by atoms with Crippen molar-refractivity contribution in [3.63, 3.8) is 0 Å². The third-order valence-corrected chi connectivity index (χ3v) is 4.76. The van der Waals surface area contributed by atoms with Crippen LogP contribution in [0.4, 0.5) is 0 Å². The maximum atomic E-state index is 12.4. The van der Waals surface area contributed by atoms with Crippen molar-refractivity contribution >= 4 is 23.5 Å². The minimum atomic E-state index is -0.416. The van der Waals surface area contributed by atoms with Crippen LogP contribution in [0.1, 0.15) is 37.7 Å². The van der Waals surface area contributed by atoms with Crippen LogP contribution in [-0.2, 0) is 20.7 Å². The standard InChI is InChI=1S/C17H20ClNO3/c18-14-4-1-3-13(11-14)5-6-15(20)19-10-2-8-17(12-19)9-7-16(21)22-17/h1,3-4,11H,2,5-10,12H2/t17-/m1/s1. The van der Waals surface area contributed by atoms with Crippen molar-refractivity contribution < 1.29 is 14.3 Å². The van der Waals surface area contributed by atoms with Crippen molar-refractivity contribution in [2.75, 3.05) is 13.1 Å². The molecule has 2 fully saturated rings. The summed E-state index contributed by atoms with van der Waals surface area (Å²) in [7, 11) is 0. The van der Waals surface area contributed by atoms with Crippen molar-refractivity contribution in [2.24, 2.45) is 0 Å². The van der Waals surface area contributed by atoms with Crippen LogP contribution >= 0.6 is 11.6 Å². The van der Waals surface area contributed by atoms with Gasteiger partial charge in [0.25, 0.3) is 0 Å². The molecule has 118 valence electrons. The molecular weight excluding hydrogens is 302 g/mol. The highest BCUT2D eigenvalue weighted by Crippen LogP contribution is 2.35. The quantitative estimate of drug-likeness (QED) is 0.804. The number of halogens is 1. The highest BCUT2D eigenvalue weighted by molar-refractivity contribution is 6.30. The Morgan fingerprint density at radius 3 is 2.95 bits per heavy atom. The van der Waals surface area contributed by atoms with Crippen LogP contribution in [0.15, 0.2) is 24.3 Å². The lowest BCUT2D eigenvalue weighted by Gasteiger charge is -2.39. The molecule has 0 radical (unpaired) electrons. The summed E-state index contributed by atoms with van der Waals surface area (Å²) in [4.78, 5) is 25.7. The highest BCUT2D eigenvalue weighted by atomic mass is 35.5. The topological polar surface area (TPSA) is 46.6 Å². The Hall–Kier alpha value is -1.55. The maximum Gasteiger partial charge on any atom is 0.306 e. The number of amides is 1. The van der Waals surface area contributed by atoms with Gasteiger partial charge in [-0.05, 0) is 43.4 Å². The first-order valence-electron chi connectivity index (χ1n) is 7.80. The second kappa shape index (κ2) is 6.29. The van der Waals surface area contributed by atoms with E-state index in [2.05, 4.69) is 0 Å². The number of hydrogen-bond donors (Lipinski definition) is 0. The second-order valence-electron chi connectivity index (χ2n) is 6.21. The Balaban J connectivity index is 1.57. The van der Waals surface area contributed by atoms with Gasteiger partial charge < -0.3 is 9.64 Å². The normalized spacial score (nSPS) is 24.6. The number of rotatable bonds is 3. The van der Waals surface area contributed by atoms with E-state index < -0.39 is 5.60 Å². The van der Waals surface area contributed by atoms with Gasteiger partial charge in [-0.3, -0.25) is 9.59 Å². The summed E-state index contributed by atoms with van der Waals surface area (Å²) in [5, 5.41) is 0.694. The van der Waals surface area contributed by atoms with Gasteiger partial charge in [0.1, 0.15) is 5.60 Å². The molecule has 5 heteroatoms. The number of carbonyl (C=O) groups is 2. The molecule has 1 aromatic rings. The van der Waals surface area contributed by atoms with E-state index in [9.17, 15) is 9.59 Å². The number of carbonyl (C=O) groups excluding carboxylic acids is 2. The fourth-order valence-corrected chi connectivity index (χ4v) is 3.59. The maximum absolute atomic E-state index is 12.4. The number of aryl methyl sites for hydroxylation is 1. The van der Waals surface area contributed by atoms with Gasteiger partial charge in [0.2, 0.25) is 5.91 Å². The molecule has 0 bridgehead atoms. The zero-order valence-corrected chi connectivity index (χ0v) is 13.3. The van der Waals surface area contributed by atoms with E-state index in [0.29, 0.717) is 30.8 Å². The predicted molar refractivity (Wildman–Crippen MR) is 83.6 cm³/mol. The molecular formula is C17H20ClNO3. The van der Waals surface area contributed by atoms with Crippen LogP contribution in [0, 0.1) is 0 Å². The number of hydrogen-bond acceptors (Lipinski definition) is 3. The molecule has 0 aliphatic carbocycles. The fraction of sp³-hybridized carbons (Fsp3) is 0.529. The molecule has 2 aliphatic rings. The van der Waals surface area contributed by atoms with E-state index >= 15 is 0 Å². The lowest BCUT2D eigenvalue weighted by atomic mass is 9.90. The summed E-state index contributed by atoms with van der Waals surface area (Å²) < 4.78 is 5.50. The molecule has 0 aromatic heterocycles. The predicted octanol–water partition coefficient (Wildman–Crippen LogP) is 2.97. The minimum absolute atomic E-state index is 0.127. The molecule has 2 heterocycles. The minimum Gasteiger partial charge on any atom is -0.457 e. The Bertz CT molecular complexity index is 589. The number of ether oxygens (including phenoxy) is 1. The van der Waals surface area contributed by atoms with Crippen LogP contribution in [0.3, 0.4) is 0 Å².